The van der Waals surface area contributed by atoms with Crippen LogP contribution in [0.1, 0.15) is 37.2 Å². The molecular weight excluding hydrogens is 310 g/mol. The molecule has 2 rings (SSSR count). The molecule has 0 aliphatic heterocycles. The van der Waals surface area contributed by atoms with Crippen molar-refractivity contribution in [2.75, 3.05) is 18.5 Å². The molecule has 0 fully saturated rings. The zero-order chi connectivity index (χ0) is 17.5. The van der Waals surface area contributed by atoms with Gasteiger partial charge in [-0.2, -0.15) is 5.10 Å². The van der Waals surface area contributed by atoms with Crippen LogP contribution in [0, 0.1) is 0 Å². The summed E-state index contributed by atoms with van der Waals surface area (Å²) in [6.07, 6.45) is 1.63. The SMILES string of the molecule is CCOC(=O)c1ccc(OCC(=O)Nc2ccnn2C(C)C)cc1. The summed E-state index contributed by atoms with van der Waals surface area (Å²) in [5.41, 5.74) is 0.439. The number of amides is 1. The number of aromatic nitrogens is 2. The molecule has 1 heterocycles. The fraction of sp³-hybridized carbons (Fsp3) is 0.353. The van der Waals surface area contributed by atoms with E-state index in [0.29, 0.717) is 23.7 Å². The molecule has 1 aromatic carbocycles. The first-order valence-corrected chi connectivity index (χ1v) is 7.74. The molecule has 128 valence electrons. The first-order valence-electron chi connectivity index (χ1n) is 7.74. The van der Waals surface area contributed by atoms with E-state index in [1.807, 2.05) is 13.8 Å². The minimum absolute atomic E-state index is 0.137. The number of rotatable bonds is 7. The largest absolute Gasteiger partial charge is 0.484 e. The molecule has 1 amide bonds. The Labute approximate surface area is 140 Å². The number of carbonyl (C=O) groups is 2. The molecular formula is C17H21N3O4. The van der Waals surface area contributed by atoms with Crippen molar-refractivity contribution in [1.29, 1.82) is 0 Å². The number of benzene rings is 1. The Morgan fingerprint density at radius 3 is 2.54 bits per heavy atom. The molecule has 0 spiro atoms. The quantitative estimate of drug-likeness (QED) is 0.789. The van der Waals surface area contributed by atoms with E-state index in [0.717, 1.165) is 0 Å². The summed E-state index contributed by atoms with van der Waals surface area (Å²) in [5, 5.41) is 6.90. The van der Waals surface area contributed by atoms with Gasteiger partial charge in [-0.1, -0.05) is 0 Å². The standard InChI is InChI=1S/C17H21N3O4/c1-4-23-17(22)13-5-7-14(8-6-13)24-11-16(21)19-15-9-10-18-20(15)12(2)3/h5-10,12H,4,11H2,1-3H3,(H,19,21). The predicted molar refractivity (Wildman–Crippen MR) is 89.1 cm³/mol. The third kappa shape index (κ3) is 4.58. The summed E-state index contributed by atoms with van der Waals surface area (Å²) in [4.78, 5) is 23.5. The zero-order valence-corrected chi connectivity index (χ0v) is 14.0. The molecule has 1 aromatic heterocycles. The first kappa shape index (κ1) is 17.5. The van der Waals surface area contributed by atoms with Crippen molar-refractivity contribution >= 4 is 17.7 Å². The number of nitrogens with one attached hydrogen (secondary N) is 1. The Hall–Kier alpha value is -2.83. The summed E-state index contributed by atoms with van der Waals surface area (Å²) in [6, 6.07) is 8.31. The third-order valence-electron chi connectivity index (χ3n) is 3.16. The Kier molecular flexibility index (Phi) is 5.95. The maximum Gasteiger partial charge on any atom is 0.338 e. The highest BCUT2D eigenvalue weighted by molar-refractivity contribution is 5.91. The highest BCUT2D eigenvalue weighted by Crippen LogP contribution is 2.15. The number of hydrogen-bond acceptors (Lipinski definition) is 5. The lowest BCUT2D eigenvalue weighted by Gasteiger charge is -2.12. The highest BCUT2D eigenvalue weighted by Gasteiger charge is 2.10. The first-order chi connectivity index (χ1) is 11.5. The number of carbonyl (C=O) groups excluding carboxylic acids is 2. The van der Waals surface area contributed by atoms with Crippen molar-refractivity contribution in [3.63, 3.8) is 0 Å². The van der Waals surface area contributed by atoms with Crippen molar-refractivity contribution in [1.82, 2.24) is 9.78 Å². The van der Waals surface area contributed by atoms with Crippen molar-refractivity contribution in [2.24, 2.45) is 0 Å². The number of ether oxygens (including phenoxy) is 2. The van der Waals surface area contributed by atoms with Crippen molar-refractivity contribution in [3.05, 3.63) is 42.1 Å². The molecule has 0 saturated carbocycles. The van der Waals surface area contributed by atoms with Gasteiger partial charge < -0.3 is 14.8 Å². The Morgan fingerprint density at radius 1 is 1.21 bits per heavy atom. The molecule has 0 aliphatic rings. The van der Waals surface area contributed by atoms with Crippen LogP contribution in [0.3, 0.4) is 0 Å². The van der Waals surface area contributed by atoms with Gasteiger partial charge in [-0.25, -0.2) is 9.48 Å². The van der Waals surface area contributed by atoms with Gasteiger partial charge in [0.2, 0.25) is 0 Å². The summed E-state index contributed by atoms with van der Waals surface area (Å²) < 4.78 is 12.0. The average Bonchev–Trinajstić information content (AvgIpc) is 3.02. The van der Waals surface area contributed by atoms with E-state index >= 15 is 0 Å². The molecule has 0 bridgehead atoms. The zero-order valence-electron chi connectivity index (χ0n) is 14.0. The average molecular weight is 331 g/mol. The summed E-state index contributed by atoms with van der Waals surface area (Å²) >= 11 is 0. The predicted octanol–water partition coefficient (Wildman–Crippen LogP) is 2.66. The number of hydrogen-bond donors (Lipinski definition) is 1. The van der Waals surface area contributed by atoms with Gasteiger partial charge in [0.1, 0.15) is 11.6 Å². The summed E-state index contributed by atoms with van der Waals surface area (Å²) in [6.45, 7) is 5.89. The summed E-state index contributed by atoms with van der Waals surface area (Å²) in [5.74, 6) is 0.447. The molecule has 0 radical (unpaired) electrons. The fourth-order valence-electron chi connectivity index (χ4n) is 2.05. The van der Waals surface area contributed by atoms with E-state index in [-0.39, 0.29) is 24.5 Å². The van der Waals surface area contributed by atoms with Crippen LogP contribution in [0.4, 0.5) is 5.82 Å². The van der Waals surface area contributed by atoms with Crippen LogP contribution in [0.5, 0.6) is 5.75 Å². The third-order valence-corrected chi connectivity index (χ3v) is 3.16. The van der Waals surface area contributed by atoms with E-state index < -0.39 is 0 Å². The van der Waals surface area contributed by atoms with E-state index in [9.17, 15) is 9.59 Å². The molecule has 1 N–H and O–H groups in total. The van der Waals surface area contributed by atoms with Gasteiger partial charge in [0.05, 0.1) is 18.4 Å². The fourth-order valence-corrected chi connectivity index (χ4v) is 2.05. The van der Waals surface area contributed by atoms with E-state index in [2.05, 4.69) is 10.4 Å². The highest BCUT2D eigenvalue weighted by atomic mass is 16.5. The molecule has 0 unspecified atom stereocenters. The Bertz CT molecular complexity index is 692. The van der Waals surface area contributed by atoms with Crippen LogP contribution >= 0.6 is 0 Å². The Morgan fingerprint density at radius 2 is 1.92 bits per heavy atom. The van der Waals surface area contributed by atoms with E-state index in [1.54, 1.807) is 48.1 Å². The lowest BCUT2D eigenvalue weighted by atomic mass is 10.2. The van der Waals surface area contributed by atoms with Gasteiger partial charge >= 0.3 is 5.97 Å². The smallest absolute Gasteiger partial charge is 0.338 e. The maximum atomic E-state index is 12.0. The van der Waals surface area contributed by atoms with Crippen molar-refractivity contribution < 1.29 is 19.1 Å². The van der Waals surface area contributed by atoms with E-state index in [4.69, 9.17) is 9.47 Å². The monoisotopic (exact) mass is 331 g/mol. The van der Waals surface area contributed by atoms with Crippen molar-refractivity contribution in [2.45, 2.75) is 26.8 Å². The van der Waals surface area contributed by atoms with Crippen LogP contribution in [-0.2, 0) is 9.53 Å². The molecule has 0 saturated heterocycles. The number of nitrogens with zero attached hydrogens (tertiary/aromatic N) is 2. The molecule has 7 nitrogen and oxygen atoms in total. The van der Waals surface area contributed by atoms with Crippen LogP contribution in [0.2, 0.25) is 0 Å². The molecule has 0 aliphatic carbocycles. The van der Waals surface area contributed by atoms with Gasteiger partial charge in [0.25, 0.3) is 5.91 Å². The second-order valence-corrected chi connectivity index (χ2v) is 5.34. The minimum atomic E-state index is -0.385. The van der Waals surface area contributed by atoms with Gasteiger partial charge in [0.15, 0.2) is 6.61 Å². The second kappa shape index (κ2) is 8.14. The lowest BCUT2D eigenvalue weighted by Crippen LogP contribution is -2.22. The van der Waals surface area contributed by atoms with Crippen LogP contribution < -0.4 is 10.1 Å². The minimum Gasteiger partial charge on any atom is -0.484 e. The Balaban J connectivity index is 1.87. The van der Waals surface area contributed by atoms with Gasteiger partial charge in [0, 0.05) is 12.1 Å². The topological polar surface area (TPSA) is 82.4 Å². The lowest BCUT2D eigenvalue weighted by molar-refractivity contribution is -0.118. The second-order valence-electron chi connectivity index (χ2n) is 5.34. The molecule has 24 heavy (non-hydrogen) atoms. The van der Waals surface area contributed by atoms with Crippen LogP contribution in [0.15, 0.2) is 36.5 Å². The molecule has 0 atom stereocenters. The molecule has 2 aromatic rings. The van der Waals surface area contributed by atoms with Gasteiger partial charge in [-0.15, -0.1) is 0 Å². The van der Waals surface area contributed by atoms with E-state index in [1.165, 1.54) is 0 Å². The maximum absolute atomic E-state index is 12.0. The summed E-state index contributed by atoms with van der Waals surface area (Å²) in [7, 11) is 0. The number of esters is 1. The molecule has 7 heteroatoms. The van der Waals surface area contributed by atoms with Crippen molar-refractivity contribution in [3.8, 4) is 5.75 Å². The van der Waals surface area contributed by atoms with Gasteiger partial charge in [-0.3, -0.25) is 4.79 Å². The van der Waals surface area contributed by atoms with Gasteiger partial charge in [-0.05, 0) is 45.0 Å². The van der Waals surface area contributed by atoms with Crippen LogP contribution in [0.25, 0.3) is 0 Å². The number of anilines is 1. The normalized spacial score (nSPS) is 10.5. The van der Waals surface area contributed by atoms with Crippen LogP contribution in [-0.4, -0.2) is 34.9 Å².